The Morgan fingerprint density at radius 2 is 1.88 bits per heavy atom. The zero-order valence-corrected chi connectivity index (χ0v) is 13.6. The number of rotatable bonds is 3. The number of nitrogens with zero attached hydrogens (tertiary/aromatic N) is 1. The largest absolute Gasteiger partial charge is 0.507 e. The van der Waals surface area contributed by atoms with E-state index in [0.717, 1.165) is 0 Å². The third kappa shape index (κ3) is 3.42. The maximum atomic E-state index is 11.5. The summed E-state index contributed by atoms with van der Waals surface area (Å²) in [4.78, 5) is 27.5. The number of oxime groups is 1. The summed E-state index contributed by atoms with van der Waals surface area (Å²) in [6, 6.07) is 13.4. The van der Waals surface area contributed by atoms with E-state index in [1.54, 1.807) is 37.3 Å². The molecule has 0 amide bonds. The number of aromatic hydroxyl groups is 1. The van der Waals surface area contributed by atoms with Crippen LogP contribution in [0.25, 0.3) is 11.0 Å². The van der Waals surface area contributed by atoms with Crippen molar-refractivity contribution in [3.05, 3.63) is 75.6 Å². The highest BCUT2D eigenvalue weighted by Crippen LogP contribution is 2.28. The number of aryl methyl sites for hydroxylation is 1. The fraction of sp³-hybridized carbons (Fsp3) is 0.105. The molecule has 0 radical (unpaired) electrons. The number of hydrogen-bond donors (Lipinski definition) is 1. The molecule has 6 nitrogen and oxygen atoms in total. The normalized spacial score (nSPS) is 11.5. The van der Waals surface area contributed by atoms with E-state index in [2.05, 4.69) is 5.16 Å². The molecular weight excluding hydrogens is 322 g/mol. The lowest BCUT2D eigenvalue weighted by Crippen LogP contribution is -2.07. The zero-order valence-electron chi connectivity index (χ0n) is 13.6. The van der Waals surface area contributed by atoms with Crippen LogP contribution in [-0.2, 0) is 9.63 Å². The van der Waals surface area contributed by atoms with Crippen LogP contribution in [0.3, 0.4) is 0 Å². The van der Waals surface area contributed by atoms with Gasteiger partial charge >= 0.3 is 11.6 Å². The van der Waals surface area contributed by atoms with Gasteiger partial charge in [-0.25, -0.2) is 9.59 Å². The molecule has 3 aromatic rings. The van der Waals surface area contributed by atoms with Gasteiger partial charge in [-0.2, -0.15) is 0 Å². The number of benzene rings is 2. The molecule has 1 N–H and O–H groups in total. The van der Waals surface area contributed by atoms with Crippen molar-refractivity contribution in [2.45, 2.75) is 13.8 Å². The topological polar surface area (TPSA) is 89.1 Å². The van der Waals surface area contributed by atoms with Crippen molar-refractivity contribution in [2.75, 3.05) is 0 Å². The molecule has 0 unspecified atom stereocenters. The molecule has 0 aliphatic carbocycles. The van der Waals surface area contributed by atoms with E-state index in [1.807, 2.05) is 6.07 Å². The van der Waals surface area contributed by atoms with E-state index in [1.165, 1.54) is 19.1 Å². The van der Waals surface area contributed by atoms with E-state index in [0.29, 0.717) is 27.8 Å². The molecule has 0 fully saturated rings. The van der Waals surface area contributed by atoms with Gasteiger partial charge in [0.1, 0.15) is 17.0 Å². The van der Waals surface area contributed by atoms with E-state index >= 15 is 0 Å². The number of phenols is 1. The minimum atomic E-state index is -0.573. The first kappa shape index (κ1) is 16.4. The Kier molecular flexibility index (Phi) is 4.35. The van der Waals surface area contributed by atoms with Gasteiger partial charge in [0.2, 0.25) is 0 Å². The predicted octanol–water partition coefficient (Wildman–Crippen LogP) is 3.12. The molecule has 0 aliphatic heterocycles. The summed E-state index contributed by atoms with van der Waals surface area (Å²) >= 11 is 0. The Morgan fingerprint density at radius 1 is 1.16 bits per heavy atom. The molecule has 0 aliphatic rings. The van der Waals surface area contributed by atoms with Crippen LogP contribution < -0.4 is 5.63 Å². The summed E-state index contributed by atoms with van der Waals surface area (Å²) in [6.07, 6.45) is 0. The first-order valence-electron chi connectivity index (χ1n) is 7.54. The molecule has 2 aromatic carbocycles. The third-order valence-corrected chi connectivity index (χ3v) is 3.64. The van der Waals surface area contributed by atoms with Crippen LogP contribution in [0.5, 0.6) is 5.75 Å². The Balaban J connectivity index is 2.25. The molecule has 0 bridgehead atoms. The molecule has 1 heterocycles. The lowest BCUT2D eigenvalue weighted by molar-refractivity contribution is -0.140. The molecule has 3 rings (SSSR count). The quantitative estimate of drug-likeness (QED) is 0.343. The van der Waals surface area contributed by atoms with Crippen molar-refractivity contribution in [2.24, 2.45) is 5.16 Å². The Hall–Kier alpha value is -3.41. The van der Waals surface area contributed by atoms with Crippen LogP contribution in [0, 0.1) is 6.92 Å². The Morgan fingerprint density at radius 3 is 2.56 bits per heavy atom. The van der Waals surface area contributed by atoms with Gasteiger partial charge < -0.3 is 14.4 Å². The van der Waals surface area contributed by atoms with Crippen molar-refractivity contribution in [3.8, 4) is 5.75 Å². The molecule has 0 atom stereocenters. The van der Waals surface area contributed by atoms with Gasteiger partial charge in [0.15, 0.2) is 0 Å². The van der Waals surface area contributed by atoms with Gasteiger partial charge in [-0.3, -0.25) is 0 Å². The highest BCUT2D eigenvalue weighted by molar-refractivity contribution is 6.15. The predicted molar refractivity (Wildman–Crippen MR) is 92.7 cm³/mol. The minimum Gasteiger partial charge on any atom is -0.507 e. The van der Waals surface area contributed by atoms with E-state index < -0.39 is 11.6 Å². The van der Waals surface area contributed by atoms with Gasteiger partial charge in [-0.05, 0) is 18.6 Å². The molecule has 6 heteroatoms. The summed E-state index contributed by atoms with van der Waals surface area (Å²) in [5.41, 5.74) is 1.79. The zero-order chi connectivity index (χ0) is 18.0. The number of carbonyl (C=O) groups excluding carboxylic acids is 1. The van der Waals surface area contributed by atoms with Crippen molar-refractivity contribution in [1.29, 1.82) is 0 Å². The highest BCUT2D eigenvalue weighted by Gasteiger charge is 2.16. The molecule has 25 heavy (non-hydrogen) atoms. The second-order valence-corrected chi connectivity index (χ2v) is 5.50. The highest BCUT2D eigenvalue weighted by atomic mass is 16.7. The summed E-state index contributed by atoms with van der Waals surface area (Å²) < 4.78 is 5.12. The fourth-order valence-corrected chi connectivity index (χ4v) is 2.51. The Bertz CT molecular complexity index is 1030. The maximum Gasteiger partial charge on any atom is 0.336 e. The second-order valence-electron chi connectivity index (χ2n) is 5.50. The van der Waals surface area contributed by atoms with Gasteiger partial charge in [0.25, 0.3) is 0 Å². The van der Waals surface area contributed by atoms with Gasteiger partial charge in [0.05, 0.1) is 0 Å². The number of carbonyl (C=O) groups is 1. The van der Waals surface area contributed by atoms with Gasteiger partial charge in [0, 0.05) is 35.6 Å². The lowest BCUT2D eigenvalue weighted by Gasteiger charge is -2.10. The maximum absolute atomic E-state index is 11.5. The molecule has 0 saturated heterocycles. The van der Waals surface area contributed by atoms with Crippen LogP contribution in [0.1, 0.15) is 23.6 Å². The molecule has 1 aromatic heterocycles. The standard InChI is InChI=1S/C19H15NO5/c1-11-8-18(23)24-17-10-16(22)15(9-14(11)17)19(20-25-12(2)21)13-6-4-3-5-7-13/h3-10,22H,1-2H3/b20-19+. The second kappa shape index (κ2) is 6.60. The molecule has 126 valence electrons. The average molecular weight is 337 g/mol. The van der Waals surface area contributed by atoms with Crippen molar-refractivity contribution >= 4 is 22.7 Å². The third-order valence-electron chi connectivity index (χ3n) is 3.64. The van der Waals surface area contributed by atoms with Crippen molar-refractivity contribution in [1.82, 2.24) is 0 Å². The van der Waals surface area contributed by atoms with Crippen LogP contribution in [0.4, 0.5) is 0 Å². The summed E-state index contributed by atoms with van der Waals surface area (Å²) in [7, 11) is 0. The van der Waals surface area contributed by atoms with Gasteiger partial charge in [-0.15, -0.1) is 0 Å². The first-order chi connectivity index (χ1) is 12.0. The summed E-state index contributed by atoms with van der Waals surface area (Å²) in [5, 5.41) is 14.9. The monoisotopic (exact) mass is 337 g/mol. The number of phenolic OH excluding ortho intramolecular Hbond substituents is 1. The van der Waals surface area contributed by atoms with Crippen LogP contribution in [-0.4, -0.2) is 16.8 Å². The van der Waals surface area contributed by atoms with E-state index in [9.17, 15) is 14.7 Å². The molecule has 0 spiro atoms. The lowest BCUT2D eigenvalue weighted by atomic mass is 9.98. The summed E-state index contributed by atoms with van der Waals surface area (Å²) in [5.74, 6) is -0.716. The molecular formula is C19H15NO5. The van der Waals surface area contributed by atoms with E-state index in [4.69, 9.17) is 9.25 Å². The SMILES string of the molecule is CC(=O)O/N=C(\c1ccccc1)c1cc2c(C)cc(=O)oc2cc1O. The average Bonchev–Trinajstić information content (AvgIpc) is 2.56. The Labute approximate surface area is 143 Å². The number of fused-ring (bicyclic) bond motifs is 1. The fourth-order valence-electron chi connectivity index (χ4n) is 2.51. The van der Waals surface area contributed by atoms with Crippen LogP contribution in [0.2, 0.25) is 0 Å². The number of hydrogen-bond acceptors (Lipinski definition) is 6. The summed E-state index contributed by atoms with van der Waals surface area (Å²) in [6.45, 7) is 3.01. The molecule has 0 saturated carbocycles. The van der Waals surface area contributed by atoms with Crippen molar-refractivity contribution in [3.63, 3.8) is 0 Å². The minimum absolute atomic E-state index is 0.143. The van der Waals surface area contributed by atoms with E-state index in [-0.39, 0.29) is 11.3 Å². The first-order valence-corrected chi connectivity index (χ1v) is 7.54. The van der Waals surface area contributed by atoms with Crippen molar-refractivity contribution < 1.29 is 19.2 Å². The van der Waals surface area contributed by atoms with Crippen LogP contribution >= 0.6 is 0 Å². The smallest absolute Gasteiger partial charge is 0.336 e. The van der Waals surface area contributed by atoms with Crippen LogP contribution in [0.15, 0.2) is 62.9 Å². The van der Waals surface area contributed by atoms with Gasteiger partial charge in [-0.1, -0.05) is 35.5 Å².